The molecule has 0 aliphatic heterocycles. The molecule has 5 heteroatoms. The third kappa shape index (κ3) is 4.03. The first kappa shape index (κ1) is 15.0. The smallest absolute Gasteiger partial charge is 0.248 e. The highest BCUT2D eigenvalue weighted by atomic mass is 16.5. The standard InChI is InChI=1S/C16H19N3O2/c1-3-18-11(2)13-6-9-15(19-10-13)21-14-7-4-12(5-8-14)16(17)20/h4-11,18H,3H2,1-2H3,(H2,17,20). The van der Waals surface area contributed by atoms with Gasteiger partial charge in [0.2, 0.25) is 11.8 Å². The van der Waals surface area contributed by atoms with E-state index < -0.39 is 5.91 Å². The lowest BCUT2D eigenvalue weighted by Gasteiger charge is -2.12. The molecule has 0 aliphatic carbocycles. The third-order valence-corrected chi connectivity index (χ3v) is 3.13. The highest BCUT2D eigenvalue weighted by Crippen LogP contribution is 2.21. The highest BCUT2D eigenvalue weighted by Gasteiger charge is 2.06. The van der Waals surface area contributed by atoms with Gasteiger partial charge in [-0.2, -0.15) is 0 Å². The van der Waals surface area contributed by atoms with Gasteiger partial charge in [0, 0.05) is 23.9 Å². The number of primary amides is 1. The summed E-state index contributed by atoms with van der Waals surface area (Å²) < 4.78 is 5.62. The van der Waals surface area contributed by atoms with Crippen LogP contribution in [0.4, 0.5) is 0 Å². The zero-order chi connectivity index (χ0) is 15.2. The van der Waals surface area contributed by atoms with E-state index in [1.165, 1.54) is 0 Å². The molecule has 110 valence electrons. The molecule has 0 fully saturated rings. The van der Waals surface area contributed by atoms with Gasteiger partial charge in [-0.1, -0.05) is 13.0 Å². The fraction of sp³-hybridized carbons (Fsp3) is 0.250. The van der Waals surface area contributed by atoms with Crippen molar-refractivity contribution >= 4 is 5.91 Å². The van der Waals surface area contributed by atoms with E-state index in [1.54, 1.807) is 30.5 Å². The quantitative estimate of drug-likeness (QED) is 0.855. The number of amides is 1. The average molecular weight is 285 g/mol. The van der Waals surface area contributed by atoms with E-state index in [9.17, 15) is 4.79 Å². The fourth-order valence-electron chi connectivity index (χ4n) is 1.94. The fourth-order valence-corrected chi connectivity index (χ4v) is 1.94. The van der Waals surface area contributed by atoms with E-state index >= 15 is 0 Å². The van der Waals surface area contributed by atoms with Gasteiger partial charge in [0.15, 0.2) is 0 Å². The summed E-state index contributed by atoms with van der Waals surface area (Å²) in [5.41, 5.74) is 6.74. The van der Waals surface area contributed by atoms with Crippen molar-refractivity contribution < 1.29 is 9.53 Å². The average Bonchev–Trinajstić information content (AvgIpc) is 2.49. The lowest BCUT2D eigenvalue weighted by molar-refractivity contribution is 0.100. The Kier molecular flexibility index (Phi) is 4.90. The number of carbonyl (C=O) groups excluding carboxylic acids is 1. The first-order chi connectivity index (χ1) is 10.1. The molecule has 1 amide bonds. The van der Waals surface area contributed by atoms with Gasteiger partial charge >= 0.3 is 0 Å². The molecular weight excluding hydrogens is 266 g/mol. The van der Waals surface area contributed by atoms with Crippen LogP contribution >= 0.6 is 0 Å². The summed E-state index contributed by atoms with van der Waals surface area (Å²) in [6.07, 6.45) is 1.79. The number of rotatable bonds is 6. The molecular formula is C16H19N3O2. The summed E-state index contributed by atoms with van der Waals surface area (Å²) in [4.78, 5) is 15.3. The largest absolute Gasteiger partial charge is 0.439 e. The van der Waals surface area contributed by atoms with Gasteiger partial charge in [-0.25, -0.2) is 4.98 Å². The number of ether oxygens (including phenoxy) is 1. The Bertz CT molecular complexity index is 594. The molecule has 3 N–H and O–H groups in total. The Labute approximate surface area is 124 Å². The molecule has 1 atom stereocenters. The molecule has 0 saturated heterocycles. The van der Waals surface area contributed by atoms with Crippen LogP contribution in [0, 0.1) is 0 Å². The first-order valence-electron chi connectivity index (χ1n) is 6.87. The van der Waals surface area contributed by atoms with Crippen LogP contribution in [-0.4, -0.2) is 17.4 Å². The summed E-state index contributed by atoms with van der Waals surface area (Å²) in [5, 5.41) is 3.32. The number of pyridine rings is 1. The van der Waals surface area contributed by atoms with Crippen LogP contribution in [0.5, 0.6) is 11.6 Å². The molecule has 0 radical (unpaired) electrons. The second-order valence-corrected chi connectivity index (χ2v) is 4.70. The second-order valence-electron chi connectivity index (χ2n) is 4.70. The molecule has 1 heterocycles. The number of hydrogen-bond acceptors (Lipinski definition) is 4. The van der Waals surface area contributed by atoms with Crippen LogP contribution in [0.25, 0.3) is 0 Å². The minimum atomic E-state index is -0.457. The summed E-state index contributed by atoms with van der Waals surface area (Å²) in [6.45, 7) is 5.06. The predicted molar refractivity (Wildman–Crippen MR) is 81.4 cm³/mol. The van der Waals surface area contributed by atoms with Gasteiger partial charge in [0.1, 0.15) is 5.75 Å². The predicted octanol–water partition coefficient (Wildman–Crippen LogP) is 2.64. The molecule has 0 aliphatic rings. The zero-order valence-corrected chi connectivity index (χ0v) is 12.2. The summed E-state index contributed by atoms with van der Waals surface area (Å²) in [5.74, 6) is 0.663. The summed E-state index contributed by atoms with van der Waals surface area (Å²) in [7, 11) is 0. The van der Waals surface area contributed by atoms with Gasteiger partial charge in [-0.05, 0) is 43.3 Å². The second kappa shape index (κ2) is 6.85. The Morgan fingerprint density at radius 3 is 2.52 bits per heavy atom. The van der Waals surface area contributed by atoms with Gasteiger partial charge in [-0.3, -0.25) is 4.79 Å². The maximum atomic E-state index is 11.0. The minimum absolute atomic E-state index is 0.256. The number of benzene rings is 1. The number of nitrogens with zero attached hydrogens (tertiary/aromatic N) is 1. The maximum absolute atomic E-state index is 11.0. The van der Waals surface area contributed by atoms with Crippen molar-refractivity contribution in [1.82, 2.24) is 10.3 Å². The molecule has 2 aromatic rings. The van der Waals surface area contributed by atoms with Gasteiger partial charge in [0.25, 0.3) is 0 Å². The van der Waals surface area contributed by atoms with Crippen LogP contribution in [0.1, 0.15) is 35.8 Å². The lowest BCUT2D eigenvalue weighted by atomic mass is 10.1. The van der Waals surface area contributed by atoms with Crippen molar-refractivity contribution in [2.45, 2.75) is 19.9 Å². The highest BCUT2D eigenvalue weighted by molar-refractivity contribution is 5.92. The number of carbonyl (C=O) groups is 1. The molecule has 2 rings (SSSR count). The van der Waals surface area contributed by atoms with Crippen molar-refractivity contribution in [1.29, 1.82) is 0 Å². The topological polar surface area (TPSA) is 77.2 Å². The Hall–Kier alpha value is -2.40. The molecule has 0 bridgehead atoms. The van der Waals surface area contributed by atoms with Crippen molar-refractivity contribution in [2.24, 2.45) is 5.73 Å². The van der Waals surface area contributed by atoms with Gasteiger partial charge in [0.05, 0.1) is 0 Å². The van der Waals surface area contributed by atoms with Crippen LogP contribution in [0.2, 0.25) is 0 Å². The Morgan fingerprint density at radius 1 is 1.29 bits per heavy atom. The van der Waals surface area contributed by atoms with Gasteiger partial charge < -0.3 is 15.8 Å². The van der Waals surface area contributed by atoms with Crippen molar-refractivity contribution in [3.63, 3.8) is 0 Å². The Balaban J connectivity index is 2.04. The summed E-state index contributed by atoms with van der Waals surface area (Å²) >= 11 is 0. The maximum Gasteiger partial charge on any atom is 0.248 e. The normalized spacial score (nSPS) is 11.9. The molecule has 0 saturated carbocycles. The van der Waals surface area contributed by atoms with E-state index in [-0.39, 0.29) is 6.04 Å². The van der Waals surface area contributed by atoms with Crippen molar-refractivity contribution in [2.75, 3.05) is 6.54 Å². The first-order valence-corrected chi connectivity index (χ1v) is 6.87. The summed E-state index contributed by atoms with van der Waals surface area (Å²) in [6, 6.07) is 10.7. The molecule has 1 aromatic carbocycles. The van der Waals surface area contributed by atoms with Gasteiger partial charge in [-0.15, -0.1) is 0 Å². The van der Waals surface area contributed by atoms with Crippen molar-refractivity contribution in [3.05, 3.63) is 53.7 Å². The van der Waals surface area contributed by atoms with E-state index in [4.69, 9.17) is 10.5 Å². The zero-order valence-electron chi connectivity index (χ0n) is 12.2. The number of hydrogen-bond donors (Lipinski definition) is 2. The molecule has 0 spiro atoms. The van der Waals surface area contributed by atoms with Crippen LogP contribution in [0.3, 0.4) is 0 Å². The van der Waals surface area contributed by atoms with Crippen LogP contribution in [0.15, 0.2) is 42.6 Å². The monoisotopic (exact) mass is 285 g/mol. The SMILES string of the molecule is CCNC(C)c1ccc(Oc2ccc(C(N)=O)cc2)nc1. The van der Waals surface area contributed by atoms with Crippen LogP contribution < -0.4 is 15.8 Å². The van der Waals surface area contributed by atoms with Crippen LogP contribution in [-0.2, 0) is 0 Å². The van der Waals surface area contributed by atoms with E-state index in [1.807, 2.05) is 12.1 Å². The molecule has 21 heavy (non-hydrogen) atoms. The minimum Gasteiger partial charge on any atom is -0.439 e. The number of aromatic nitrogens is 1. The van der Waals surface area contributed by atoms with E-state index in [2.05, 4.69) is 24.1 Å². The van der Waals surface area contributed by atoms with E-state index in [0.717, 1.165) is 12.1 Å². The lowest BCUT2D eigenvalue weighted by Crippen LogP contribution is -2.17. The number of nitrogens with two attached hydrogens (primary N) is 1. The number of nitrogens with one attached hydrogen (secondary N) is 1. The molecule has 5 nitrogen and oxygen atoms in total. The molecule has 1 aromatic heterocycles. The third-order valence-electron chi connectivity index (χ3n) is 3.13. The Morgan fingerprint density at radius 2 is 2.00 bits per heavy atom. The van der Waals surface area contributed by atoms with Crippen molar-refractivity contribution in [3.8, 4) is 11.6 Å². The molecule has 1 unspecified atom stereocenters. The van der Waals surface area contributed by atoms with E-state index in [0.29, 0.717) is 17.2 Å².